The second-order valence-corrected chi connectivity index (χ2v) is 7.10. The molecule has 0 spiro atoms. The van der Waals surface area contributed by atoms with E-state index in [4.69, 9.17) is 4.74 Å². The number of anilines is 1. The molecular formula is C19H26N2O3. The lowest BCUT2D eigenvalue weighted by Gasteiger charge is -2.21. The minimum atomic E-state index is -0.611. The topological polar surface area (TPSA) is 67.4 Å². The number of carbonyl (C=O) groups excluding carboxylic acids is 2. The van der Waals surface area contributed by atoms with Crippen LogP contribution in [0.3, 0.4) is 0 Å². The number of rotatable bonds is 5. The lowest BCUT2D eigenvalue weighted by atomic mass is 9.89. The van der Waals surface area contributed by atoms with Gasteiger partial charge in [-0.2, -0.15) is 0 Å². The monoisotopic (exact) mass is 330 g/mol. The highest BCUT2D eigenvalue weighted by atomic mass is 16.5. The fraction of sp³-hybridized carbons (Fsp3) is 0.579. The van der Waals surface area contributed by atoms with Gasteiger partial charge in [0.15, 0.2) is 0 Å². The van der Waals surface area contributed by atoms with Gasteiger partial charge in [0.05, 0.1) is 6.10 Å². The highest BCUT2D eigenvalue weighted by Crippen LogP contribution is 2.47. The third kappa shape index (κ3) is 3.78. The predicted octanol–water partition coefficient (Wildman–Crippen LogP) is 2.88. The van der Waals surface area contributed by atoms with Crippen LogP contribution in [0.5, 0.6) is 0 Å². The molecule has 0 aliphatic heterocycles. The van der Waals surface area contributed by atoms with Gasteiger partial charge in [0.2, 0.25) is 0 Å². The van der Waals surface area contributed by atoms with E-state index < -0.39 is 11.8 Å². The number of ether oxygens (including phenoxy) is 1. The molecule has 2 saturated carbocycles. The Bertz CT molecular complexity index is 616. The molecule has 5 nitrogen and oxygen atoms in total. The summed E-state index contributed by atoms with van der Waals surface area (Å²) in [5.41, 5.74) is 1.56. The highest BCUT2D eigenvalue weighted by Gasteiger charge is 2.39. The Morgan fingerprint density at radius 1 is 1.25 bits per heavy atom. The van der Waals surface area contributed by atoms with Crippen LogP contribution in [0.4, 0.5) is 5.69 Å². The third-order valence-corrected chi connectivity index (χ3v) is 5.58. The van der Waals surface area contributed by atoms with Gasteiger partial charge in [0.1, 0.15) is 0 Å². The maximum absolute atomic E-state index is 12.1. The molecular weight excluding hydrogens is 304 g/mol. The lowest BCUT2D eigenvalue weighted by Crippen LogP contribution is -2.39. The largest absolute Gasteiger partial charge is 0.377 e. The zero-order chi connectivity index (χ0) is 17.1. The predicted molar refractivity (Wildman–Crippen MR) is 92.4 cm³/mol. The van der Waals surface area contributed by atoms with E-state index >= 15 is 0 Å². The Morgan fingerprint density at radius 2 is 2.08 bits per heavy atom. The maximum Gasteiger partial charge on any atom is 0.313 e. The third-order valence-electron chi connectivity index (χ3n) is 5.58. The first-order valence-corrected chi connectivity index (χ1v) is 8.78. The Morgan fingerprint density at radius 3 is 2.75 bits per heavy atom. The van der Waals surface area contributed by atoms with Gasteiger partial charge in [-0.15, -0.1) is 0 Å². The summed E-state index contributed by atoms with van der Waals surface area (Å²) < 4.78 is 5.27. The van der Waals surface area contributed by atoms with Gasteiger partial charge in [-0.05, 0) is 61.6 Å². The van der Waals surface area contributed by atoms with Crippen molar-refractivity contribution in [3.05, 3.63) is 29.8 Å². The molecule has 2 aliphatic rings. The van der Waals surface area contributed by atoms with E-state index in [0.29, 0.717) is 18.2 Å². The van der Waals surface area contributed by atoms with E-state index in [1.54, 1.807) is 13.2 Å². The summed E-state index contributed by atoms with van der Waals surface area (Å²) in [6.45, 7) is 2.55. The molecule has 0 saturated heterocycles. The van der Waals surface area contributed by atoms with E-state index in [0.717, 1.165) is 17.4 Å². The molecule has 1 aromatic rings. The Labute approximate surface area is 143 Å². The Hall–Kier alpha value is -1.88. The zero-order valence-corrected chi connectivity index (χ0v) is 14.4. The number of hydrogen-bond acceptors (Lipinski definition) is 3. The number of hydrogen-bond donors (Lipinski definition) is 2. The Kier molecular flexibility index (Phi) is 5.19. The van der Waals surface area contributed by atoms with Crippen molar-refractivity contribution in [2.75, 3.05) is 19.0 Å². The molecule has 4 unspecified atom stereocenters. The van der Waals surface area contributed by atoms with Crippen LogP contribution >= 0.6 is 0 Å². The quantitative estimate of drug-likeness (QED) is 0.816. The minimum Gasteiger partial charge on any atom is -0.377 e. The molecule has 2 aliphatic carbocycles. The van der Waals surface area contributed by atoms with Gasteiger partial charge in [0.25, 0.3) is 0 Å². The van der Waals surface area contributed by atoms with Crippen LogP contribution < -0.4 is 10.6 Å². The van der Waals surface area contributed by atoms with E-state index in [9.17, 15) is 9.59 Å². The van der Waals surface area contributed by atoms with Crippen molar-refractivity contribution in [2.24, 2.45) is 17.8 Å². The van der Waals surface area contributed by atoms with Crippen molar-refractivity contribution in [1.29, 1.82) is 0 Å². The molecule has 130 valence electrons. The standard InChI is InChI=1S/C19H26N2O3/c1-12(24-2)14-4-3-5-17(10-14)21-19(23)18(22)20-11-16-9-13-6-7-15(16)8-13/h3-5,10,12-13,15-16H,6-9,11H2,1-2H3,(H,20,22)(H,21,23). The number of fused-ring (bicyclic) bond motifs is 2. The summed E-state index contributed by atoms with van der Waals surface area (Å²) in [6.07, 6.45) is 5.06. The summed E-state index contributed by atoms with van der Waals surface area (Å²) >= 11 is 0. The molecule has 2 bridgehead atoms. The first kappa shape index (κ1) is 17.0. The van der Waals surface area contributed by atoms with Crippen LogP contribution in [0.2, 0.25) is 0 Å². The number of nitrogens with one attached hydrogen (secondary N) is 2. The van der Waals surface area contributed by atoms with Gasteiger partial charge < -0.3 is 15.4 Å². The second-order valence-electron chi connectivity index (χ2n) is 7.10. The van der Waals surface area contributed by atoms with E-state index in [-0.39, 0.29) is 6.10 Å². The van der Waals surface area contributed by atoms with Crippen molar-refractivity contribution >= 4 is 17.5 Å². The molecule has 24 heavy (non-hydrogen) atoms. The first-order valence-electron chi connectivity index (χ1n) is 8.78. The summed E-state index contributed by atoms with van der Waals surface area (Å²) in [5, 5.41) is 5.47. The molecule has 2 N–H and O–H groups in total. The molecule has 2 fully saturated rings. The summed E-state index contributed by atoms with van der Waals surface area (Å²) in [7, 11) is 1.64. The summed E-state index contributed by atoms with van der Waals surface area (Å²) in [5.74, 6) is 0.969. The van der Waals surface area contributed by atoms with Crippen molar-refractivity contribution in [2.45, 2.75) is 38.7 Å². The minimum absolute atomic E-state index is 0.0616. The molecule has 5 heteroatoms. The molecule has 2 amide bonds. The summed E-state index contributed by atoms with van der Waals surface area (Å²) in [6, 6.07) is 7.37. The van der Waals surface area contributed by atoms with Crippen LogP contribution in [0, 0.1) is 17.8 Å². The molecule has 0 heterocycles. The summed E-state index contributed by atoms with van der Waals surface area (Å²) in [4.78, 5) is 24.1. The average Bonchev–Trinajstić information content (AvgIpc) is 3.22. The van der Waals surface area contributed by atoms with Gasteiger partial charge in [-0.3, -0.25) is 9.59 Å². The molecule has 4 atom stereocenters. The van der Waals surface area contributed by atoms with Gasteiger partial charge in [-0.1, -0.05) is 18.6 Å². The van der Waals surface area contributed by atoms with Crippen molar-refractivity contribution < 1.29 is 14.3 Å². The van der Waals surface area contributed by atoms with Gasteiger partial charge >= 0.3 is 11.8 Å². The van der Waals surface area contributed by atoms with Crippen LogP contribution in [0.1, 0.15) is 44.3 Å². The number of benzene rings is 1. The van der Waals surface area contributed by atoms with Crippen molar-refractivity contribution in [3.8, 4) is 0 Å². The first-order chi connectivity index (χ1) is 11.6. The number of amides is 2. The number of methoxy groups -OCH3 is 1. The smallest absolute Gasteiger partial charge is 0.313 e. The van der Waals surface area contributed by atoms with Gasteiger partial charge in [0, 0.05) is 19.3 Å². The fourth-order valence-corrected chi connectivity index (χ4v) is 4.12. The molecule has 0 aromatic heterocycles. The van der Waals surface area contributed by atoms with Crippen LogP contribution in [0.15, 0.2) is 24.3 Å². The normalized spacial score (nSPS) is 26.2. The average molecular weight is 330 g/mol. The molecule has 3 rings (SSSR count). The van der Waals surface area contributed by atoms with E-state index in [2.05, 4.69) is 10.6 Å². The molecule has 0 radical (unpaired) electrons. The second kappa shape index (κ2) is 7.34. The SMILES string of the molecule is COC(C)c1cccc(NC(=O)C(=O)NCC2CC3CCC2C3)c1. The van der Waals surface area contributed by atoms with Crippen LogP contribution in [0.25, 0.3) is 0 Å². The molecule has 1 aromatic carbocycles. The van der Waals surface area contributed by atoms with Crippen LogP contribution in [-0.4, -0.2) is 25.5 Å². The number of carbonyl (C=O) groups is 2. The van der Waals surface area contributed by atoms with Gasteiger partial charge in [-0.25, -0.2) is 0 Å². The van der Waals surface area contributed by atoms with E-state index in [1.807, 2.05) is 25.1 Å². The van der Waals surface area contributed by atoms with E-state index in [1.165, 1.54) is 25.7 Å². The van der Waals surface area contributed by atoms with Crippen molar-refractivity contribution in [3.63, 3.8) is 0 Å². The fourth-order valence-electron chi connectivity index (χ4n) is 4.12. The maximum atomic E-state index is 12.1. The van der Waals surface area contributed by atoms with Crippen LogP contribution in [-0.2, 0) is 14.3 Å². The lowest BCUT2D eigenvalue weighted by molar-refractivity contribution is -0.136. The zero-order valence-electron chi connectivity index (χ0n) is 14.4. The van der Waals surface area contributed by atoms with Crippen molar-refractivity contribution in [1.82, 2.24) is 5.32 Å². The highest BCUT2D eigenvalue weighted by molar-refractivity contribution is 6.39. The Balaban J connectivity index is 1.50.